The second-order valence-electron chi connectivity index (χ2n) is 13.7. The van der Waals surface area contributed by atoms with Crippen molar-refractivity contribution in [3.8, 4) is 11.5 Å². The van der Waals surface area contributed by atoms with Crippen LogP contribution >= 0.6 is 0 Å². The Morgan fingerprint density at radius 2 is 0.880 bits per heavy atom. The number of aryl methyl sites for hydroxylation is 2. The Hall–Kier alpha value is -4.08. The van der Waals surface area contributed by atoms with Gasteiger partial charge in [-0.15, -0.1) is 0 Å². The summed E-state index contributed by atoms with van der Waals surface area (Å²) >= 11 is 0. The predicted octanol–water partition coefficient (Wildman–Crippen LogP) is 8.10. The minimum atomic E-state index is -1.66. The largest absolute Gasteiger partial charge is 0.507 e. The van der Waals surface area contributed by atoms with Crippen molar-refractivity contribution in [2.24, 2.45) is 5.41 Å². The number of phenols is 2. The van der Waals surface area contributed by atoms with Crippen LogP contribution in [-0.4, -0.2) is 33.8 Å². The highest BCUT2D eigenvalue weighted by molar-refractivity contribution is 6.07. The van der Waals surface area contributed by atoms with Crippen LogP contribution < -0.4 is 21.7 Å². The highest BCUT2D eigenvalue weighted by Gasteiger charge is 2.41. The number of aromatic hydroxyl groups is 2. The Balaban J connectivity index is 2.09. The third-order valence-corrected chi connectivity index (χ3v) is 9.36. The van der Waals surface area contributed by atoms with Gasteiger partial charge in [-0.3, -0.25) is 40.9 Å². The van der Waals surface area contributed by atoms with Crippen molar-refractivity contribution >= 4 is 23.6 Å². The number of carbonyl (C=O) groups excluding carboxylic acids is 4. The van der Waals surface area contributed by atoms with E-state index >= 15 is 0 Å². The number of hydrogen-bond donors (Lipinski definition) is 6. The van der Waals surface area contributed by atoms with Gasteiger partial charge in [0.05, 0.1) is 11.1 Å². The fraction of sp³-hybridized carbons (Fsp3) is 0.600. The molecule has 0 heterocycles. The Morgan fingerprint density at radius 1 is 0.520 bits per heavy atom. The van der Waals surface area contributed by atoms with Crippen molar-refractivity contribution in [3.63, 3.8) is 0 Å². The Morgan fingerprint density at radius 3 is 1.28 bits per heavy atom. The SMILES string of the molecule is CCCCCCCCC(C)(C(=O)NNC(=O)c1cc(CCCCCCC)ccc1O)C(=O)NNC(=O)c1cc(CCCCCCC)ccc1O. The smallest absolute Gasteiger partial charge is 0.273 e. The summed E-state index contributed by atoms with van der Waals surface area (Å²) in [5, 5.41) is 20.8. The molecule has 0 aliphatic heterocycles. The first-order chi connectivity index (χ1) is 24.1. The van der Waals surface area contributed by atoms with Crippen LogP contribution in [0.5, 0.6) is 11.5 Å². The molecule has 0 saturated heterocycles. The summed E-state index contributed by atoms with van der Waals surface area (Å²) in [6, 6.07) is 9.74. The van der Waals surface area contributed by atoms with Gasteiger partial charge in [-0.25, -0.2) is 0 Å². The number of benzene rings is 2. The van der Waals surface area contributed by atoms with Crippen LogP contribution in [0.25, 0.3) is 0 Å². The van der Waals surface area contributed by atoms with E-state index in [0.29, 0.717) is 6.42 Å². The second-order valence-corrected chi connectivity index (χ2v) is 13.7. The van der Waals surface area contributed by atoms with E-state index in [1.165, 1.54) is 31.9 Å². The topological polar surface area (TPSA) is 157 Å². The van der Waals surface area contributed by atoms with Gasteiger partial charge in [-0.2, -0.15) is 0 Å². The van der Waals surface area contributed by atoms with Gasteiger partial charge < -0.3 is 10.2 Å². The summed E-state index contributed by atoms with van der Waals surface area (Å²) in [6.45, 7) is 7.92. The third-order valence-electron chi connectivity index (χ3n) is 9.36. The number of unbranched alkanes of at least 4 members (excludes halogenated alkanes) is 13. The molecule has 2 aromatic rings. The molecular weight excluding hydrogens is 632 g/mol. The van der Waals surface area contributed by atoms with E-state index in [-0.39, 0.29) is 29.0 Å². The summed E-state index contributed by atoms with van der Waals surface area (Å²) in [5.74, 6) is -3.37. The molecule has 0 spiro atoms. The number of phenolic OH excluding ortho intramolecular Hbond substituents is 2. The average molecular weight is 695 g/mol. The van der Waals surface area contributed by atoms with Gasteiger partial charge in [0.15, 0.2) is 0 Å². The van der Waals surface area contributed by atoms with Gasteiger partial charge in [0, 0.05) is 0 Å². The molecule has 0 unspecified atom stereocenters. The maximum Gasteiger partial charge on any atom is 0.273 e. The lowest BCUT2D eigenvalue weighted by molar-refractivity contribution is -0.144. The van der Waals surface area contributed by atoms with Crippen LogP contribution in [0.2, 0.25) is 0 Å². The minimum absolute atomic E-state index is 0.0219. The van der Waals surface area contributed by atoms with Crippen molar-refractivity contribution in [2.45, 2.75) is 150 Å². The monoisotopic (exact) mass is 694 g/mol. The average Bonchev–Trinajstić information content (AvgIpc) is 3.11. The summed E-state index contributed by atoms with van der Waals surface area (Å²) < 4.78 is 0. The van der Waals surface area contributed by atoms with Gasteiger partial charge in [-0.05, 0) is 74.4 Å². The van der Waals surface area contributed by atoms with Crippen molar-refractivity contribution in [1.29, 1.82) is 0 Å². The third kappa shape index (κ3) is 14.4. The summed E-state index contributed by atoms with van der Waals surface area (Å²) in [4.78, 5) is 53.3. The van der Waals surface area contributed by atoms with E-state index in [1.54, 1.807) is 24.3 Å². The predicted molar refractivity (Wildman–Crippen MR) is 198 cm³/mol. The summed E-state index contributed by atoms with van der Waals surface area (Å²) in [5.41, 5.74) is 9.69. The van der Waals surface area contributed by atoms with Gasteiger partial charge in [-0.1, -0.05) is 123 Å². The molecule has 0 saturated carbocycles. The zero-order chi connectivity index (χ0) is 36.8. The lowest BCUT2D eigenvalue weighted by atomic mass is 9.82. The first-order valence-corrected chi connectivity index (χ1v) is 18.9. The molecule has 2 rings (SSSR count). The van der Waals surface area contributed by atoms with E-state index in [4.69, 9.17) is 0 Å². The van der Waals surface area contributed by atoms with Crippen LogP contribution in [0.15, 0.2) is 36.4 Å². The van der Waals surface area contributed by atoms with Crippen LogP contribution in [0.4, 0.5) is 0 Å². The number of amides is 4. The summed E-state index contributed by atoms with van der Waals surface area (Å²) in [7, 11) is 0. The number of hydrazine groups is 2. The molecule has 0 aromatic heterocycles. The van der Waals surface area contributed by atoms with Crippen LogP contribution in [0.3, 0.4) is 0 Å². The van der Waals surface area contributed by atoms with Gasteiger partial charge in [0.1, 0.15) is 16.9 Å². The molecule has 6 N–H and O–H groups in total. The number of rotatable bonds is 23. The Bertz CT molecular complexity index is 1270. The van der Waals surface area contributed by atoms with E-state index < -0.39 is 29.0 Å². The van der Waals surface area contributed by atoms with Crippen molar-refractivity contribution in [1.82, 2.24) is 21.7 Å². The van der Waals surface area contributed by atoms with Crippen LogP contribution in [-0.2, 0) is 22.4 Å². The molecule has 50 heavy (non-hydrogen) atoms. The lowest BCUT2D eigenvalue weighted by Crippen LogP contribution is -2.57. The van der Waals surface area contributed by atoms with Crippen LogP contribution in [0, 0.1) is 5.41 Å². The molecule has 278 valence electrons. The maximum absolute atomic E-state index is 13.6. The first kappa shape index (κ1) is 42.1. The highest BCUT2D eigenvalue weighted by Crippen LogP contribution is 2.27. The molecule has 0 fully saturated rings. The fourth-order valence-electron chi connectivity index (χ4n) is 5.93. The molecule has 10 nitrogen and oxygen atoms in total. The van der Waals surface area contributed by atoms with Crippen molar-refractivity contribution in [3.05, 3.63) is 58.7 Å². The molecule has 4 amide bonds. The molecule has 2 aromatic carbocycles. The van der Waals surface area contributed by atoms with E-state index in [2.05, 4.69) is 42.5 Å². The first-order valence-electron chi connectivity index (χ1n) is 18.9. The maximum atomic E-state index is 13.6. The molecule has 0 aliphatic carbocycles. The summed E-state index contributed by atoms with van der Waals surface area (Å²) in [6.07, 6.45) is 18.4. The number of hydrogen-bond acceptors (Lipinski definition) is 6. The van der Waals surface area contributed by atoms with Gasteiger partial charge >= 0.3 is 0 Å². The van der Waals surface area contributed by atoms with E-state index in [9.17, 15) is 29.4 Å². The Kier molecular flexibility index (Phi) is 19.7. The quantitative estimate of drug-likeness (QED) is 0.0392. The number of nitrogens with one attached hydrogen (secondary N) is 4. The minimum Gasteiger partial charge on any atom is -0.507 e. The normalized spacial score (nSPS) is 11.2. The lowest BCUT2D eigenvalue weighted by Gasteiger charge is -2.27. The van der Waals surface area contributed by atoms with Gasteiger partial charge in [0.2, 0.25) is 0 Å². The Labute approximate surface area is 299 Å². The molecular formula is C40H62N4O6. The molecule has 0 aliphatic rings. The fourth-order valence-corrected chi connectivity index (χ4v) is 5.93. The zero-order valence-corrected chi connectivity index (χ0v) is 30.9. The molecule has 0 radical (unpaired) electrons. The van der Waals surface area contributed by atoms with Crippen LogP contribution in [0.1, 0.15) is 169 Å². The zero-order valence-electron chi connectivity index (χ0n) is 30.9. The standard InChI is InChI=1S/C40H62N4O6/c1-5-8-11-14-17-20-27-40(4,38(49)43-41-36(47)32-28-30(23-25-34(32)45)21-18-15-12-9-6-2)39(50)44-42-37(48)33-29-31(24-26-35(33)46)22-19-16-13-10-7-3/h23-26,28-29,45-46H,5-22,27H2,1-4H3,(H,41,47)(H,42,48)(H,43,49)(H,44,50). The molecule has 0 bridgehead atoms. The second kappa shape index (κ2) is 23.3. The van der Waals surface area contributed by atoms with Gasteiger partial charge in [0.25, 0.3) is 23.6 Å². The molecule has 10 heteroatoms. The van der Waals surface area contributed by atoms with E-state index in [0.717, 1.165) is 107 Å². The molecule has 0 atom stereocenters. The van der Waals surface area contributed by atoms with E-state index in [1.807, 2.05) is 0 Å². The number of carbonyl (C=O) groups is 4. The van der Waals surface area contributed by atoms with Crippen molar-refractivity contribution < 1.29 is 29.4 Å². The van der Waals surface area contributed by atoms with Crippen molar-refractivity contribution in [2.75, 3.05) is 0 Å². The highest BCUT2D eigenvalue weighted by atomic mass is 16.3.